The molecule has 0 fully saturated rings. The van der Waals surface area contributed by atoms with E-state index in [0.717, 1.165) is 0 Å². The van der Waals surface area contributed by atoms with E-state index in [9.17, 15) is 17.6 Å². The van der Waals surface area contributed by atoms with E-state index in [1.54, 1.807) is 10.9 Å². The Bertz CT molecular complexity index is 596. The predicted molar refractivity (Wildman–Crippen MR) is 66.2 cm³/mol. The summed E-state index contributed by atoms with van der Waals surface area (Å²) in [5.41, 5.74) is -0.178. The van der Waals surface area contributed by atoms with Gasteiger partial charge in [-0.25, -0.2) is 22.5 Å². The molecule has 0 bridgehead atoms. The van der Waals surface area contributed by atoms with Crippen molar-refractivity contribution in [2.24, 2.45) is 0 Å². The number of nitrogens with one attached hydrogen (secondary N) is 1. The number of imidazole rings is 1. The second-order valence-electron chi connectivity index (χ2n) is 4.58. The van der Waals surface area contributed by atoms with Crippen LogP contribution in [0.5, 0.6) is 0 Å². The second kappa shape index (κ2) is 5.52. The summed E-state index contributed by atoms with van der Waals surface area (Å²) in [6.45, 7) is 3.82. The molecule has 2 rings (SSSR count). The zero-order chi connectivity index (χ0) is 14.9. The number of aromatic nitrogens is 2. The lowest BCUT2D eigenvalue weighted by Gasteiger charge is -2.14. The molecular formula is C13H13F4N3. The standard InChI is InChI=1S/C13H13F4N3/c1-7(2)20-6-18-4-8(20)5-19-13-11(16)9(14)3-10(15)12(13)17/h3-4,6-7,19H,5H2,1-2H3. The number of benzene rings is 1. The van der Waals surface area contributed by atoms with Crippen molar-refractivity contribution in [3.05, 3.63) is 47.6 Å². The van der Waals surface area contributed by atoms with E-state index in [4.69, 9.17) is 0 Å². The highest BCUT2D eigenvalue weighted by Crippen LogP contribution is 2.24. The van der Waals surface area contributed by atoms with Crippen LogP contribution in [0, 0.1) is 23.3 Å². The lowest BCUT2D eigenvalue weighted by molar-refractivity contribution is 0.457. The van der Waals surface area contributed by atoms with Gasteiger partial charge in [0.05, 0.1) is 18.6 Å². The first-order valence-electron chi connectivity index (χ1n) is 5.99. The fraction of sp³-hybridized carbons (Fsp3) is 0.308. The first kappa shape index (κ1) is 14.4. The number of hydrogen-bond acceptors (Lipinski definition) is 2. The van der Waals surface area contributed by atoms with Gasteiger partial charge in [0.1, 0.15) is 5.69 Å². The molecule has 108 valence electrons. The molecule has 0 saturated carbocycles. The summed E-state index contributed by atoms with van der Waals surface area (Å²) in [5.74, 6) is -5.77. The Labute approximate surface area is 113 Å². The minimum atomic E-state index is -1.44. The van der Waals surface area contributed by atoms with E-state index in [-0.39, 0.29) is 18.7 Å². The summed E-state index contributed by atoms with van der Waals surface area (Å²) in [6, 6.07) is 0.280. The van der Waals surface area contributed by atoms with Gasteiger partial charge in [-0.15, -0.1) is 0 Å². The van der Waals surface area contributed by atoms with Crippen LogP contribution in [0.15, 0.2) is 18.6 Å². The van der Waals surface area contributed by atoms with Gasteiger partial charge >= 0.3 is 0 Å². The third-order valence-electron chi connectivity index (χ3n) is 2.86. The zero-order valence-electron chi connectivity index (χ0n) is 10.9. The molecule has 3 nitrogen and oxygen atoms in total. The summed E-state index contributed by atoms with van der Waals surface area (Å²) in [6.07, 6.45) is 3.08. The van der Waals surface area contributed by atoms with Crippen LogP contribution in [0.25, 0.3) is 0 Å². The van der Waals surface area contributed by atoms with Crippen LogP contribution in [-0.2, 0) is 6.54 Å². The average Bonchev–Trinajstić information content (AvgIpc) is 2.85. The number of rotatable bonds is 4. The first-order valence-corrected chi connectivity index (χ1v) is 5.99. The van der Waals surface area contributed by atoms with E-state index < -0.39 is 29.0 Å². The Balaban J connectivity index is 2.25. The van der Waals surface area contributed by atoms with Gasteiger partial charge < -0.3 is 9.88 Å². The molecule has 0 atom stereocenters. The van der Waals surface area contributed by atoms with Gasteiger partial charge in [0.15, 0.2) is 23.3 Å². The third kappa shape index (κ3) is 2.61. The van der Waals surface area contributed by atoms with Crippen molar-refractivity contribution in [3.63, 3.8) is 0 Å². The molecule has 0 aliphatic carbocycles. The maximum absolute atomic E-state index is 13.5. The predicted octanol–water partition coefficient (Wildman–Crippen LogP) is 3.63. The monoisotopic (exact) mass is 287 g/mol. The fourth-order valence-corrected chi connectivity index (χ4v) is 1.84. The third-order valence-corrected chi connectivity index (χ3v) is 2.86. The smallest absolute Gasteiger partial charge is 0.185 e. The van der Waals surface area contributed by atoms with E-state index >= 15 is 0 Å². The fourth-order valence-electron chi connectivity index (χ4n) is 1.84. The molecule has 1 aromatic carbocycles. The summed E-state index contributed by atoms with van der Waals surface area (Å²) < 4.78 is 54.8. The maximum Gasteiger partial charge on any atom is 0.185 e. The number of hydrogen-bond donors (Lipinski definition) is 1. The number of halogens is 4. The maximum atomic E-state index is 13.5. The van der Waals surface area contributed by atoms with Crippen LogP contribution in [0.4, 0.5) is 23.2 Å². The van der Waals surface area contributed by atoms with Gasteiger partial charge in [-0.05, 0) is 13.8 Å². The van der Waals surface area contributed by atoms with Gasteiger partial charge in [0.25, 0.3) is 0 Å². The summed E-state index contributed by atoms with van der Waals surface area (Å²) in [7, 11) is 0. The molecule has 0 saturated heterocycles. The van der Waals surface area contributed by atoms with E-state index in [2.05, 4.69) is 10.3 Å². The molecule has 7 heteroatoms. The van der Waals surface area contributed by atoms with Crippen LogP contribution >= 0.6 is 0 Å². The zero-order valence-corrected chi connectivity index (χ0v) is 10.9. The Morgan fingerprint density at radius 3 is 2.30 bits per heavy atom. The topological polar surface area (TPSA) is 29.9 Å². The van der Waals surface area contributed by atoms with Gasteiger partial charge in [0.2, 0.25) is 0 Å². The Kier molecular flexibility index (Phi) is 3.96. The Morgan fingerprint density at radius 1 is 1.15 bits per heavy atom. The molecule has 1 heterocycles. The molecule has 0 aliphatic heterocycles. The van der Waals surface area contributed by atoms with Crippen molar-refractivity contribution in [3.8, 4) is 0 Å². The molecule has 0 spiro atoms. The molecule has 1 aromatic heterocycles. The summed E-state index contributed by atoms with van der Waals surface area (Å²) in [4.78, 5) is 3.92. The van der Waals surface area contributed by atoms with E-state index in [1.807, 2.05) is 13.8 Å². The molecule has 2 aromatic rings. The highest BCUT2D eigenvalue weighted by molar-refractivity contribution is 5.47. The number of nitrogens with zero attached hydrogens (tertiary/aromatic N) is 2. The molecule has 20 heavy (non-hydrogen) atoms. The van der Waals surface area contributed by atoms with Gasteiger partial charge in [0, 0.05) is 18.3 Å². The lowest BCUT2D eigenvalue weighted by Crippen LogP contribution is -2.11. The molecule has 1 N–H and O–H groups in total. The van der Waals surface area contributed by atoms with Gasteiger partial charge in [-0.2, -0.15) is 0 Å². The largest absolute Gasteiger partial charge is 0.374 e. The van der Waals surface area contributed by atoms with Gasteiger partial charge in [-0.3, -0.25) is 0 Å². The van der Waals surface area contributed by atoms with Crippen molar-refractivity contribution in [1.29, 1.82) is 0 Å². The van der Waals surface area contributed by atoms with Gasteiger partial charge in [-0.1, -0.05) is 0 Å². The first-order chi connectivity index (χ1) is 9.41. The average molecular weight is 287 g/mol. The second-order valence-corrected chi connectivity index (χ2v) is 4.58. The summed E-state index contributed by atoms with van der Waals surface area (Å²) in [5, 5.41) is 2.37. The lowest BCUT2D eigenvalue weighted by atomic mass is 10.2. The summed E-state index contributed by atoms with van der Waals surface area (Å²) >= 11 is 0. The van der Waals surface area contributed by atoms with Crippen LogP contribution in [0.3, 0.4) is 0 Å². The quantitative estimate of drug-likeness (QED) is 0.687. The molecular weight excluding hydrogens is 274 g/mol. The molecule has 0 amide bonds. The molecule has 0 unspecified atom stereocenters. The van der Waals surface area contributed by atoms with Crippen molar-refractivity contribution in [2.45, 2.75) is 26.4 Å². The van der Waals surface area contributed by atoms with Crippen molar-refractivity contribution in [1.82, 2.24) is 9.55 Å². The Morgan fingerprint density at radius 2 is 1.75 bits per heavy atom. The molecule has 0 aliphatic rings. The van der Waals surface area contributed by atoms with Crippen LogP contribution < -0.4 is 5.32 Å². The minimum Gasteiger partial charge on any atom is -0.374 e. The highest BCUT2D eigenvalue weighted by atomic mass is 19.2. The van der Waals surface area contributed by atoms with E-state index in [1.165, 1.54) is 6.20 Å². The normalized spacial score (nSPS) is 11.2. The number of anilines is 1. The molecule has 0 radical (unpaired) electrons. The van der Waals surface area contributed by atoms with E-state index in [0.29, 0.717) is 5.69 Å². The Hall–Kier alpha value is -2.05. The van der Waals surface area contributed by atoms with Crippen LogP contribution in [0.1, 0.15) is 25.6 Å². The van der Waals surface area contributed by atoms with Crippen molar-refractivity contribution in [2.75, 3.05) is 5.32 Å². The highest BCUT2D eigenvalue weighted by Gasteiger charge is 2.19. The van der Waals surface area contributed by atoms with Crippen molar-refractivity contribution < 1.29 is 17.6 Å². The SMILES string of the molecule is CC(C)n1cncc1CNc1c(F)c(F)cc(F)c1F. The van der Waals surface area contributed by atoms with Crippen LogP contribution in [-0.4, -0.2) is 9.55 Å². The minimum absolute atomic E-state index is 0.00505. The van der Waals surface area contributed by atoms with Crippen molar-refractivity contribution >= 4 is 5.69 Å². The van der Waals surface area contributed by atoms with Crippen LogP contribution in [0.2, 0.25) is 0 Å².